The maximum atomic E-state index is 12.5. The molecule has 1 N–H and O–H groups in total. The van der Waals surface area contributed by atoms with E-state index in [-0.39, 0.29) is 5.91 Å². The van der Waals surface area contributed by atoms with Crippen LogP contribution < -0.4 is 14.8 Å². The summed E-state index contributed by atoms with van der Waals surface area (Å²) in [5, 5.41) is 2.92. The van der Waals surface area contributed by atoms with E-state index < -0.39 is 0 Å². The fourth-order valence-electron chi connectivity index (χ4n) is 2.72. The topological polar surface area (TPSA) is 47.6 Å². The van der Waals surface area contributed by atoms with E-state index >= 15 is 0 Å². The Morgan fingerprint density at radius 3 is 2.42 bits per heavy atom. The number of carbonyl (C=O) groups excluding carboxylic acids is 1. The summed E-state index contributed by atoms with van der Waals surface area (Å²) < 4.78 is 12.4. The molecule has 0 unspecified atom stereocenters. The summed E-state index contributed by atoms with van der Waals surface area (Å²) in [4.78, 5) is 12.5. The van der Waals surface area contributed by atoms with E-state index in [9.17, 15) is 4.79 Å². The summed E-state index contributed by atoms with van der Waals surface area (Å²) in [7, 11) is 3.18. The fourth-order valence-corrected chi connectivity index (χ4v) is 3.98. The summed E-state index contributed by atoms with van der Waals surface area (Å²) >= 11 is 7.05. The SMILES string of the molecule is COc1ccc(C=C2C(=O)Nc3c(Br)cc(Br)c(C)c32)cc1OC. The second-order valence-corrected chi connectivity index (χ2v) is 7.05. The molecule has 1 aliphatic heterocycles. The lowest BCUT2D eigenvalue weighted by atomic mass is 9.99. The average molecular weight is 453 g/mol. The van der Waals surface area contributed by atoms with Gasteiger partial charge in [-0.3, -0.25) is 4.79 Å². The van der Waals surface area contributed by atoms with Crippen molar-refractivity contribution in [2.45, 2.75) is 6.92 Å². The van der Waals surface area contributed by atoms with Crippen LogP contribution in [0.5, 0.6) is 11.5 Å². The molecule has 2 aromatic carbocycles. The molecule has 1 amide bonds. The number of halogens is 2. The van der Waals surface area contributed by atoms with E-state index in [1.165, 1.54) is 0 Å². The molecule has 0 bridgehead atoms. The van der Waals surface area contributed by atoms with Gasteiger partial charge in [-0.05, 0) is 58.3 Å². The lowest BCUT2D eigenvalue weighted by Gasteiger charge is -2.10. The lowest BCUT2D eigenvalue weighted by molar-refractivity contribution is -0.110. The van der Waals surface area contributed by atoms with Crippen molar-refractivity contribution in [3.63, 3.8) is 0 Å². The normalized spacial score (nSPS) is 14.5. The number of hydrogen-bond acceptors (Lipinski definition) is 3. The van der Waals surface area contributed by atoms with Crippen LogP contribution in [0.1, 0.15) is 16.7 Å². The Kier molecular flexibility index (Phi) is 4.69. The van der Waals surface area contributed by atoms with Gasteiger partial charge in [0, 0.05) is 20.1 Å². The molecule has 124 valence electrons. The molecule has 2 aromatic rings. The van der Waals surface area contributed by atoms with Gasteiger partial charge in [-0.1, -0.05) is 22.0 Å². The summed E-state index contributed by atoms with van der Waals surface area (Å²) in [6.07, 6.45) is 1.86. The van der Waals surface area contributed by atoms with Gasteiger partial charge in [-0.2, -0.15) is 0 Å². The third-order valence-electron chi connectivity index (χ3n) is 3.95. The molecule has 0 radical (unpaired) electrons. The number of benzene rings is 2. The molecule has 0 aromatic heterocycles. The van der Waals surface area contributed by atoms with Crippen molar-refractivity contribution < 1.29 is 14.3 Å². The summed E-state index contributed by atoms with van der Waals surface area (Å²) in [6, 6.07) is 7.50. The van der Waals surface area contributed by atoms with Crippen LogP contribution in [-0.2, 0) is 4.79 Å². The molecule has 1 heterocycles. The van der Waals surface area contributed by atoms with E-state index in [1.807, 2.05) is 37.3 Å². The first kappa shape index (κ1) is 17.0. The highest BCUT2D eigenvalue weighted by Crippen LogP contribution is 2.43. The molecule has 0 spiro atoms. The zero-order chi connectivity index (χ0) is 17.4. The number of amides is 1. The number of anilines is 1. The van der Waals surface area contributed by atoms with Crippen LogP contribution in [0.25, 0.3) is 11.6 Å². The van der Waals surface area contributed by atoms with Crippen molar-refractivity contribution in [2.75, 3.05) is 19.5 Å². The fraction of sp³-hybridized carbons (Fsp3) is 0.167. The van der Waals surface area contributed by atoms with Crippen molar-refractivity contribution in [3.8, 4) is 11.5 Å². The van der Waals surface area contributed by atoms with Crippen LogP contribution in [0.2, 0.25) is 0 Å². The number of nitrogens with one attached hydrogen (secondary N) is 1. The molecular formula is C18H15Br2NO3. The van der Waals surface area contributed by atoms with Gasteiger partial charge < -0.3 is 14.8 Å². The maximum Gasteiger partial charge on any atom is 0.256 e. The standard InChI is InChI=1S/C18H15Br2NO3/c1-9-12(19)8-13(20)17-16(9)11(18(22)21-17)6-10-4-5-14(23-2)15(7-10)24-3/h4-8H,1-3H3,(H,21,22). The van der Waals surface area contributed by atoms with Crippen LogP contribution in [-0.4, -0.2) is 20.1 Å². The lowest BCUT2D eigenvalue weighted by Crippen LogP contribution is -2.03. The van der Waals surface area contributed by atoms with E-state index in [4.69, 9.17) is 9.47 Å². The Hall–Kier alpha value is -1.79. The minimum absolute atomic E-state index is 0.123. The third-order valence-corrected chi connectivity index (χ3v) is 5.40. The number of rotatable bonds is 3. The monoisotopic (exact) mass is 451 g/mol. The Labute approximate surface area is 157 Å². The molecule has 0 aliphatic carbocycles. The smallest absolute Gasteiger partial charge is 0.256 e. The molecule has 1 aliphatic rings. The minimum atomic E-state index is -0.123. The largest absolute Gasteiger partial charge is 0.493 e. The molecule has 3 rings (SSSR count). The Morgan fingerprint density at radius 2 is 1.75 bits per heavy atom. The van der Waals surface area contributed by atoms with Crippen LogP contribution >= 0.6 is 31.9 Å². The first-order valence-electron chi connectivity index (χ1n) is 7.20. The molecular weight excluding hydrogens is 438 g/mol. The van der Waals surface area contributed by atoms with E-state index in [1.54, 1.807) is 14.2 Å². The van der Waals surface area contributed by atoms with Gasteiger partial charge in [0.25, 0.3) is 5.91 Å². The average Bonchev–Trinajstić information content (AvgIpc) is 2.90. The van der Waals surface area contributed by atoms with Crippen LogP contribution in [0.3, 0.4) is 0 Å². The minimum Gasteiger partial charge on any atom is -0.493 e. The molecule has 0 saturated heterocycles. The zero-order valence-corrected chi connectivity index (χ0v) is 16.5. The first-order valence-corrected chi connectivity index (χ1v) is 8.79. The first-order chi connectivity index (χ1) is 11.5. The van der Waals surface area contributed by atoms with Gasteiger partial charge in [0.15, 0.2) is 11.5 Å². The Morgan fingerprint density at radius 1 is 1.04 bits per heavy atom. The molecule has 6 heteroatoms. The highest BCUT2D eigenvalue weighted by Gasteiger charge is 2.29. The van der Waals surface area contributed by atoms with E-state index in [0.717, 1.165) is 31.3 Å². The predicted molar refractivity (Wildman–Crippen MR) is 103 cm³/mol. The van der Waals surface area contributed by atoms with Gasteiger partial charge in [-0.25, -0.2) is 0 Å². The number of ether oxygens (including phenoxy) is 2. The second kappa shape index (κ2) is 6.61. The Balaban J connectivity index is 2.15. The summed E-state index contributed by atoms with van der Waals surface area (Å²) in [5.74, 6) is 1.15. The zero-order valence-electron chi connectivity index (χ0n) is 13.4. The van der Waals surface area contributed by atoms with Crippen LogP contribution in [0.4, 0.5) is 5.69 Å². The molecule has 0 saturated carbocycles. The van der Waals surface area contributed by atoms with Gasteiger partial charge in [-0.15, -0.1) is 0 Å². The molecule has 24 heavy (non-hydrogen) atoms. The molecule has 0 atom stereocenters. The van der Waals surface area contributed by atoms with E-state index in [2.05, 4.69) is 37.2 Å². The predicted octanol–water partition coefficient (Wildman–Crippen LogP) is 5.03. The van der Waals surface area contributed by atoms with Crippen molar-refractivity contribution >= 4 is 55.1 Å². The van der Waals surface area contributed by atoms with Gasteiger partial charge in [0.1, 0.15) is 0 Å². The number of carbonyl (C=O) groups is 1. The Bertz CT molecular complexity index is 875. The third kappa shape index (κ3) is 2.84. The van der Waals surface area contributed by atoms with Gasteiger partial charge in [0.2, 0.25) is 0 Å². The van der Waals surface area contributed by atoms with E-state index in [0.29, 0.717) is 17.1 Å². The second-order valence-electron chi connectivity index (χ2n) is 5.34. The van der Waals surface area contributed by atoms with Crippen LogP contribution in [0, 0.1) is 6.92 Å². The highest BCUT2D eigenvalue weighted by atomic mass is 79.9. The molecule has 0 fully saturated rings. The van der Waals surface area contributed by atoms with Crippen molar-refractivity contribution in [3.05, 3.63) is 49.9 Å². The quantitative estimate of drug-likeness (QED) is 0.664. The van der Waals surface area contributed by atoms with Gasteiger partial charge in [0.05, 0.1) is 19.9 Å². The maximum absolute atomic E-state index is 12.5. The van der Waals surface area contributed by atoms with Crippen molar-refractivity contribution in [1.82, 2.24) is 0 Å². The molecule has 4 nitrogen and oxygen atoms in total. The number of methoxy groups -OCH3 is 2. The summed E-state index contributed by atoms with van der Waals surface area (Å²) in [5.41, 5.74) is 4.19. The highest BCUT2D eigenvalue weighted by molar-refractivity contribution is 9.11. The van der Waals surface area contributed by atoms with Crippen molar-refractivity contribution in [2.24, 2.45) is 0 Å². The van der Waals surface area contributed by atoms with Gasteiger partial charge >= 0.3 is 0 Å². The number of hydrogen-bond donors (Lipinski definition) is 1. The van der Waals surface area contributed by atoms with Crippen molar-refractivity contribution in [1.29, 1.82) is 0 Å². The van der Waals surface area contributed by atoms with Crippen LogP contribution in [0.15, 0.2) is 33.2 Å². The number of fused-ring (bicyclic) bond motifs is 1. The summed E-state index contributed by atoms with van der Waals surface area (Å²) in [6.45, 7) is 1.98.